The average Bonchev–Trinajstić information content (AvgIpc) is 2.73. The summed E-state index contributed by atoms with van der Waals surface area (Å²) in [5, 5.41) is 8.00. The fraction of sp³-hybridized carbons (Fsp3) is 0.786. The third kappa shape index (κ3) is 3.56. The van der Waals surface area contributed by atoms with Crippen LogP contribution in [0.25, 0.3) is 0 Å². The summed E-state index contributed by atoms with van der Waals surface area (Å²) in [6.45, 7) is 10.8. The molecule has 0 saturated carbocycles. The molecule has 1 heterocycles. The van der Waals surface area contributed by atoms with E-state index in [1.807, 2.05) is 6.20 Å². The fourth-order valence-corrected chi connectivity index (χ4v) is 2.29. The molecule has 3 heteroatoms. The predicted octanol–water partition coefficient (Wildman–Crippen LogP) is 3.31. The van der Waals surface area contributed by atoms with Gasteiger partial charge in [-0.2, -0.15) is 5.10 Å². The zero-order valence-corrected chi connectivity index (χ0v) is 11.8. The lowest BCUT2D eigenvalue weighted by atomic mass is 10.1. The second kappa shape index (κ2) is 7.49. The smallest absolute Gasteiger partial charge is 0.0537 e. The summed E-state index contributed by atoms with van der Waals surface area (Å²) in [5.74, 6) is 0. The molecule has 1 rings (SSSR count). The summed E-state index contributed by atoms with van der Waals surface area (Å²) < 4.78 is 2.26. The van der Waals surface area contributed by atoms with E-state index in [0.29, 0.717) is 6.04 Å². The molecule has 0 amide bonds. The van der Waals surface area contributed by atoms with Crippen molar-refractivity contribution in [1.29, 1.82) is 0 Å². The van der Waals surface area contributed by atoms with Crippen molar-refractivity contribution in [1.82, 2.24) is 15.1 Å². The van der Waals surface area contributed by atoms with E-state index in [0.717, 1.165) is 32.4 Å². The molecule has 17 heavy (non-hydrogen) atoms. The Kier molecular flexibility index (Phi) is 6.27. The van der Waals surface area contributed by atoms with Gasteiger partial charge in [0.25, 0.3) is 0 Å². The Morgan fingerprint density at radius 2 is 1.94 bits per heavy atom. The summed E-state index contributed by atoms with van der Waals surface area (Å²) >= 11 is 0. The maximum absolute atomic E-state index is 4.61. The van der Waals surface area contributed by atoms with Crippen molar-refractivity contribution >= 4 is 0 Å². The van der Waals surface area contributed by atoms with Crippen LogP contribution in [0.1, 0.15) is 64.3 Å². The molecular formula is C14H27N3. The van der Waals surface area contributed by atoms with Gasteiger partial charge in [-0.25, -0.2) is 0 Å². The van der Waals surface area contributed by atoms with Gasteiger partial charge in [-0.05, 0) is 25.8 Å². The first-order valence-electron chi connectivity index (χ1n) is 7.04. The molecule has 0 radical (unpaired) electrons. The lowest BCUT2D eigenvalue weighted by Crippen LogP contribution is -2.16. The quantitative estimate of drug-likeness (QED) is 0.752. The monoisotopic (exact) mass is 237 g/mol. The lowest BCUT2D eigenvalue weighted by molar-refractivity contribution is 0.412. The van der Waals surface area contributed by atoms with Gasteiger partial charge in [0.1, 0.15) is 0 Å². The summed E-state index contributed by atoms with van der Waals surface area (Å²) in [7, 11) is 0. The Morgan fingerprint density at radius 3 is 2.47 bits per heavy atom. The van der Waals surface area contributed by atoms with Crippen molar-refractivity contribution in [3.8, 4) is 0 Å². The van der Waals surface area contributed by atoms with Crippen LogP contribution in [-0.4, -0.2) is 16.3 Å². The second-order valence-electron chi connectivity index (χ2n) is 4.56. The Labute approximate surface area is 106 Å². The summed E-state index contributed by atoms with van der Waals surface area (Å²) in [6, 6.07) is 0.562. The van der Waals surface area contributed by atoms with Gasteiger partial charge in [-0.15, -0.1) is 0 Å². The molecule has 0 saturated heterocycles. The summed E-state index contributed by atoms with van der Waals surface area (Å²) in [4.78, 5) is 0. The topological polar surface area (TPSA) is 29.9 Å². The Bertz CT molecular complexity index is 313. The number of rotatable bonds is 8. The van der Waals surface area contributed by atoms with Crippen LogP contribution in [0.2, 0.25) is 0 Å². The van der Waals surface area contributed by atoms with Crippen LogP contribution in [0.5, 0.6) is 0 Å². The maximum Gasteiger partial charge on any atom is 0.0537 e. The molecule has 0 unspecified atom stereocenters. The van der Waals surface area contributed by atoms with E-state index in [1.165, 1.54) is 17.7 Å². The Morgan fingerprint density at radius 1 is 1.24 bits per heavy atom. The van der Waals surface area contributed by atoms with Gasteiger partial charge in [-0.1, -0.05) is 34.1 Å². The van der Waals surface area contributed by atoms with Crippen molar-refractivity contribution in [2.24, 2.45) is 0 Å². The van der Waals surface area contributed by atoms with Crippen molar-refractivity contribution < 1.29 is 0 Å². The van der Waals surface area contributed by atoms with Gasteiger partial charge in [0.2, 0.25) is 0 Å². The van der Waals surface area contributed by atoms with Crippen LogP contribution in [0, 0.1) is 0 Å². The van der Waals surface area contributed by atoms with Crippen molar-refractivity contribution in [2.45, 2.75) is 66.0 Å². The van der Waals surface area contributed by atoms with Crippen LogP contribution < -0.4 is 5.32 Å². The molecular weight excluding hydrogens is 210 g/mol. The van der Waals surface area contributed by atoms with E-state index >= 15 is 0 Å². The third-order valence-corrected chi connectivity index (χ3v) is 3.33. The number of nitrogens with zero attached hydrogens (tertiary/aromatic N) is 2. The highest BCUT2D eigenvalue weighted by Gasteiger charge is 2.15. The minimum Gasteiger partial charge on any atom is -0.313 e. The zero-order valence-electron chi connectivity index (χ0n) is 11.8. The van der Waals surface area contributed by atoms with Crippen molar-refractivity contribution in [3.63, 3.8) is 0 Å². The highest BCUT2D eigenvalue weighted by molar-refractivity contribution is 5.18. The first-order chi connectivity index (χ1) is 8.28. The summed E-state index contributed by atoms with van der Waals surface area (Å²) in [6.07, 6.45) is 6.69. The van der Waals surface area contributed by atoms with Gasteiger partial charge in [0.15, 0.2) is 0 Å². The molecule has 1 N–H and O–H groups in total. The molecule has 3 nitrogen and oxygen atoms in total. The minimum absolute atomic E-state index is 0.562. The van der Waals surface area contributed by atoms with E-state index in [9.17, 15) is 0 Å². The molecule has 0 aliphatic heterocycles. The predicted molar refractivity (Wildman–Crippen MR) is 73.2 cm³/mol. The first kappa shape index (κ1) is 14.2. The van der Waals surface area contributed by atoms with E-state index in [4.69, 9.17) is 0 Å². The molecule has 1 aromatic rings. The van der Waals surface area contributed by atoms with E-state index < -0.39 is 0 Å². The van der Waals surface area contributed by atoms with Gasteiger partial charge in [0.05, 0.1) is 12.2 Å². The average molecular weight is 237 g/mol. The van der Waals surface area contributed by atoms with Crippen LogP contribution in [0.4, 0.5) is 0 Å². The van der Waals surface area contributed by atoms with Gasteiger partial charge in [-0.3, -0.25) is 4.68 Å². The first-order valence-corrected chi connectivity index (χ1v) is 7.04. The zero-order chi connectivity index (χ0) is 12.7. The molecule has 0 bridgehead atoms. The van der Waals surface area contributed by atoms with Crippen LogP contribution >= 0.6 is 0 Å². The highest BCUT2D eigenvalue weighted by Crippen LogP contribution is 2.21. The van der Waals surface area contributed by atoms with E-state index in [1.54, 1.807) is 0 Å². The number of nitrogens with one attached hydrogen (secondary N) is 1. The van der Waals surface area contributed by atoms with E-state index in [-0.39, 0.29) is 0 Å². The van der Waals surface area contributed by atoms with Crippen molar-refractivity contribution in [3.05, 3.63) is 17.5 Å². The number of aromatic nitrogens is 2. The standard InChI is InChI=1S/C14H27N3/c1-5-9-14-12(10-15-8-4)11-16-17(14)13(6-2)7-3/h11,13,15H,5-10H2,1-4H3. The number of hydrogen-bond donors (Lipinski definition) is 1. The van der Waals surface area contributed by atoms with Crippen LogP contribution in [-0.2, 0) is 13.0 Å². The van der Waals surface area contributed by atoms with Crippen LogP contribution in [0.15, 0.2) is 6.20 Å². The van der Waals surface area contributed by atoms with Gasteiger partial charge < -0.3 is 5.32 Å². The normalized spacial score (nSPS) is 11.4. The fourth-order valence-electron chi connectivity index (χ4n) is 2.29. The largest absolute Gasteiger partial charge is 0.313 e. The third-order valence-electron chi connectivity index (χ3n) is 3.33. The molecule has 1 aromatic heterocycles. The minimum atomic E-state index is 0.562. The molecule has 0 fully saturated rings. The second-order valence-corrected chi connectivity index (χ2v) is 4.56. The van der Waals surface area contributed by atoms with E-state index in [2.05, 4.69) is 42.8 Å². The lowest BCUT2D eigenvalue weighted by Gasteiger charge is -2.17. The number of hydrogen-bond acceptors (Lipinski definition) is 2. The maximum atomic E-state index is 4.61. The molecule has 0 aromatic carbocycles. The molecule has 0 spiro atoms. The van der Waals surface area contributed by atoms with Crippen molar-refractivity contribution in [2.75, 3.05) is 6.54 Å². The molecule has 0 aliphatic carbocycles. The summed E-state index contributed by atoms with van der Waals surface area (Å²) in [5.41, 5.74) is 2.81. The SMILES string of the molecule is CCCc1c(CNCC)cnn1C(CC)CC. The Balaban J connectivity index is 2.92. The van der Waals surface area contributed by atoms with Gasteiger partial charge >= 0.3 is 0 Å². The molecule has 0 atom stereocenters. The van der Waals surface area contributed by atoms with Crippen LogP contribution in [0.3, 0.4) is 0 Å². The molecule has 0 aliphatic rings. The van der Waals surface area contributed by atoms with Gasteiger partial charge in [0, 0.05) is 17.8 Å². The Hall–Kier alpha value is -0.830. The highest BCUT2D eigenvalue weighted by atomic mass is 15.3. The molecule has 98 valence electrons.